The number of aromatic nitrogens is 1. The third-order valence-corrected chi connectivity index (χ3v) is 5.67. The Bertz CT molecular complexity index is 824. The van der Waals surface area contributed by atoms with Crippen molar-refractivity contribution in [2.24, 2.45) is 0 Å². The minimum absolute atomic E-state index is 0. The average Bonchev–Trinajstić information content (AvgIpc) is 3.08. The largest absolute Gasteiger partial charge is 0.378 e. The number of hydrogen-bond donors (Lipinski definition) is 3. The van der Waals surface area contributed by atoms with E-state index < -0.39 is 10.0 Å². The van der Waals surface area contributed by atoms with Crippen molar-refractivity contribution in [3.63, 3.8) is 0 Å². The first kappa shape index (κ1) is 20.6. The minimum Gasteiger partial charge on any atom is -0.378 e. The van der Waals surface area contributed by atoms with Gasteiger partial charge in [0.05, 0.1) is 18.1 Å². The van der Waals surface area contributed by atoms with Crippen molar-refractivity contribution >= 4 is 50.5 Å². The van der Waals surface area contributed by atoms with Crippen molar-refractivity contribution in [2.45, 2.75) is 17.4 Å². The fourth-order valence-electron chi connectivity index (χ4n) is 2.38. The summed E-state index contributed by atoms with van der Waals surface area (Å²) in [6, 6.07) is 6.06. The number of nitrogens with zero attached hydrogens (tertiary/aromatic N) is 1. The number of hydrogen-bond acceptors (Lipinski definition) is 7. The van der Waals surface area contributed by atoms with Crippen LogP contribution in [0.3, 0.4) is 0 Å². The number of rotatable bonds is 6. The summed E-state index contributed by atoms with van der Waals surface area (Å²) in [6.07, 6.45) is 1.77. The smallest absolute Gasteiger partial charge is 0.263 e. The van der Waals surface area contributed by atoms with E-state index in [0.29, 0.717) is 25.4 Å². The van der Waals surface area contributed by atoms with Gasteiger partial charge in [0.25, 0.3) is 10.0 Å². The molecule has 0 saturated carbocycles. The molecule has 0 bridgehead atoms. The summed E-state index contributed by atoms with van der Waals surface area (Å²) >= 11 is 1.19. The maximum absolute atomic E-state index is 12.4. The number of carbonyl (C=O) groups is 1. The second-order valence-corrected chi connectivity index (χ2v) is 8.03. The molecule has 26 heavy (non-hydrogen) atoms. The zero-order valence-corrected chi connectivity index (χ0v) is 16.1. The van der Waals surface area contributed by atoms with Gasteiger partial charge in [0.15, 0.2) is 5.13 Å². The van der Waals surface area contributed by atoms with E-state index in [0.717, 1.165) is 0 Å². The third-order valence-electron chi connectivity index (χ3n) is 3.51. The fourth-order valence-corrected chi connectivity index (χ4v) is 4.21. The van der Waals surface area contributed by atoms with E-state index in [-0.39, 0.29) is 40.8 Å². The Morgan fingerprint density at radius 1 is 1.42 bits per heavy atom. The van der Waals surface area contributed by atoms with Gasteiger partial charge in [-0.3, -0.25) is 9.52 Å². The molecule has 8 nitrogen and oxygen atoms in total. The van der Waals surface area contributed by atoms with Gasteiger partial charge in [0.1, 0.15) is 0 Å². The summed E-state index contributed by atoms with van der Waals surface area (Å²) in [7, 11) is -3.75. The monoisotopic (exact) mass is 418 g/mol. The molecule has 1 saturated heterocycles. The van der Waals surface area contributed by atoms with E-state index in [4.69, 9.17) is 4.74 Å². The molecule has 2 aromatic rings. The molecule has 142 valence electrons. The van der Waals surface area contributed by atoms with Crippen LogP contribution in [0.4, 0.5) is 10.8 Å². The van der Waals surface area contributed by atoms with Gasteiger partial charge >= 0.3 is 0 Å². The van der Waals surface area contributed by atoms with Crippen molar-refractivity contribution in [3.8, 4) is 0 Å². The van der Waals surface area contributed by atoms with Crippen LogP contribution in [0.5, 0.6) is 0 Å². The topological polar surface area (TPSA) is 109 Å². The molecule has 0 spiro atoms. The average molecular weight is 419 g/mol. The maximum atomic E-state index is 12.4. The van der Waals surface area contributed by atoms with Crippen LogP contribution >= 0.6 is 23.7 Å². The lowest BCUT2D eigenvalue weighted by molar-refractivity contribution is -0.117. The molecule has 1 atom stereocenters. The summed E-state index contributed by atoms with van der Waals surface area (Å²) in [6.45, 7) is 1.85. The molecule has 1 amide bonds. The lowest BCUT2D eigenvalue weighted by Crippen LogP contribution is -2.43. The number of sulfonamides is 1. The number of amides is 1. The number of anilines is 2. The first-order valence-electron chi connectivity index (χ1n) is 7.66. The number of thiazole rings is 1. The van der Waals surface area contributed by atoms with E-state index in [2.05, 4.69) is 20.3 Å². The number of ether oxygens (including phenoxy) is 1. The highest BCUT2D eigenvalue weighted by molar-refractivity contribution is 7.93. The van der Waals surface area contributed by atoms with Crippen LogP contribution in [0.25, 0.3) is 0 Å². The van der Waals surface area contributed by atoms with E-state index >= 15 is 0 Å². The van der Waals surface area contributed by atoms with Gasteiger partial charge in [-0.15, -0.1) is 23.7 Å². The molecular weight excluding hydrogens is 400 g/mol. The minimum atomic E-state index is -3.75. The Kier molecular flexibility index (Phi) is 7.35. The SMILES string of the molecule is Cl.O=C(CC1COCCN1)Nc1cccc(S(=O)(=O)Nc2nccs2)c1. The quantitative estimate of drug-likeness (QED) is 0.658. The molecule has 1 fully saturated rings. The summed E-state index contributed by atoms with van der Waals surface area (Å²) in [5, 5.41) is 7.89. The van der Waals surface area contributed by atoms with Gasteiger partial charge in [0, 0.05) is 36.3 Å². The molecule has 3 N–H and O–H groups in total. The van der Waals surface area contributed by atoms with Gasteiger partial charge in [-0.2, -0.15) is 0 Å². The number of nitrogens with one attached hydrogen (secondary N) is 3. The molecule has 1 aromatic carbocycles. The first-order valence-corrected chi connectivity index (χ1v) is 10.0. The van der Waals surface area contributed by atoms with Crippen molar-refractivity contribution in [1.82, 2.24) is 10.3 Å². The van der Waals surface area contributed by atoms with Crippen molar-refractivity contribution in [2.75, 3.05) is 29.8 Å². The molecule has 1 aliphatic rings. The number of benzene rings is 1. The second kappa shape index (κ2) is 9.28. The molecule has 1 aromatic heterocycles. The van der Waals surface area contributed by atoms with Crippen LogP contribution < -0.4 is 15.4 Å². The van der Waals surface area contributed by atoms with Gasteiger partial charge in [-0.25, -0.2) is 13.4 Å². The summed E-state index contributed by atoms with van der Waals surface area (Å²) in [5.74, 6) is -0.203. The molecule has 2 heterocycles. The molecule has 3 rings (SSSR count). The highest BCUT2D eigenvalue weighted by atomic mass is 35.5. The third kappa shape index (κ3) is 5.64. The standard InChI is InChI=1S/C15H18N4O4S2.ClH/c20-14(9-12-10-23-6-4-16-12)18-11-2-1-3-13(8-11)25(21,22)19-15-17-5-7-24-15;/h1-3,5,7-8,12,16H,4,6,9-10H2,(H,17,19)(H,18,20);1H. The van der Waals surface area contributed by atoms with Crippen LogP contribution in [0, 0.1) is 0 Å². The van der Waals surface area contributed by atoms with Crippen LogP contribution in [0.1, 0.15) is 6.42 Å². The lowest BCUT2D eigenvalue weighted by Gasteiger charge is -2.23. The fraction of sp³-hybridized carbons (Fsp3) is 0.333. The summed E-state index contributed by atoms with van der Waals surface area (Å²) < 4.78 is 32.5. The van der Waals surface area contributed by atoms with Crippen LogP contribution in [-0.4, -0.2) is 45.1 Å². The molecule has 0 radical (unpaired) electrons. The zero-order chi connectivity index (χ0) is 17.7. The van der Waals surface area contributed by atoms with Crippen molar-refractivity contribution < 1.29 is 17.9 Å². The Morgan fingerprint density at radius 3 is 2.96 bits per heavy atom. The van der Waals surface area contributed by atoms with Gasteiger partial charge in [0.2, 0.25) is 5.91 Å². The van der Waals surface area contributed by atoms with Crippen molar-refractivity contribution in [3.05, 3.63) is 35.8 Å². The van der Waals surface area contributed by atoms with E-state index in [9.17, 15) is 13.2 Å². The predicted molar refractivity (Wildman–Crippen MR) is 102 cm³/mol. The molecule has 1 aliphatic heterocycles. The molecular formula is C15H19ClN4O4S2. The first-order chi connectivity index (χ1) is 12.0. The van der Waals surface area contributed by atoms with Crippen LogP contribution in [0.2, 0.25) is 0 Å². The van der Waals surface area contributed by atoms with Crippen LogP contribution in [-0.2, 0) is 19.6 Å². The number of halogens is 1. The van der Waals surface area contributed by atoms with E-state index in [1.165, 1.54) is 29.7 Å². The van der Waals surface area contributed by atoms with Gasteiger partial charge in [-0.05, 0) is 18.2 Å². The Labute approximate surface area is 161 Å². The molecule has 1 unspecified atom stereocenters. The zero-order valence-electron chi connectivity index (χ0n) is 13.7. The maximum Gasteiger partial charge on any atom is 0.263 e. The highest BCUT2D eigenvalue weighted by Crippen LogP contribution is 2.20. The Morgan fingerprint density at radius 2 is 2.27 bits per heavy atom. The van der Waals surface area contributed by atoms with E-state index in [1.807, 2.05) is 0 Å². The van der Waals surface area contributed by atoms with E-state index in [1.54, 1.807) is 17.5 Å². The van der Waals surface area contributed by atoms with Crippen LogP contribution in [0.15, 0.2) is 40.7 Å². The number of carbonyl (C=O) groups excluding carboxylic acids is 1. The van der Waals surface area contributed by atoms with Crippen molar-refractivity contribution in [1.29, 1.82) is 0 Å². The lowest BCUT2D eigenvalue weighted by atomic mass is 10.2. The second-order valence-electron chi connectivity index (χ2n) is 5.45. The Hall–Kier alpha value is -1.72. The Balaban J connectivity index is 0.00000243. The van der Waals surface area contributed by atoms with Gasteiger partial charge in [-0.1, -0.05) is 6.07 Å². The molecule has 0 aliphatic carbocycles. The van der Waals surface area contributed by atoms with Gasteiger partial charge < -0.3 is 15.4 Å². The summed E-state index contributed by atoms with van der Waals surface area (Å²) in [4.78, 5) is 16.1. The summed E-state index contributed by atoms with van der Waals surface area (Å²) in [5.41, 5.74) is 0.420. The normalized spacial score (nSPS) is 17.2. The number of morpholine rings is 1. The highest BCUT2D eigenvalue weighted by Gasteiger charge is 2.19. The molecule has 11 heteroatoms. The predicted octanol–water partition coefficient (Wildman–Crippen LogP) is 1.68.